The predicted molar refractivity (Wildman–Crippen MR) is 67.2 cm³/mol. The van der Waals surface area contributed by atoms with Crippen LogP contribution in [0.15, 0.2) is 0 Å². The van der Waals surface area contributed by atoms with Crippen LogP contribution in [0.3, 0.4) is 0 Å². The van der Waals surface area contributed by atoms with Crippen molar-refractivity contribution in [1.82, 2.24) is 0 Å². The number of hydrogen-bond acceptors (Lipinski definition) is 2. The molecular formula is C14H28O2. The third-order valence-electron chi connectivity index (χ3n) is 4.13. The maximum absolute atomic E-state index is 9.22. The van der Waals surface area contributed by atoms with Crippen molar-refractivity contribution in [3.63, 3.8) is 0 Å². The lowest BCUT2D eigenvalue weighted by Gasteiger charge is -2.30. The lowest BCUT2D eigenvalue weighted by atomic mass is 9.76. The molecule has 0 heterocycles. The average molecular weight is 228 g/mol. The minimum Gasteiger partial charge on any atom is -0.397 e. The Morgan fingerprint density at radius 2 is 1.75 bits per heavy atom. The minimum absolute atomic E-state index is 0.162. The fourth-order valence-electron chi connectivity index (χ4n) is 3.40. The van der Waals surface area contributed by atoms with Gasteiger partial charge in [-0.05, 0) is 55.8 Å². The van der Waals surface area contributed by atoms with E-state index in [1.807, 2.05) is 0 Å². The largest absolute Gasteiger partial charge is 0.397 e. The van der Waals surface area contributed by atoms with Crippen LogP contribution in [0.1, 0.15) is 52.9 Å². The van der Waals surface area contributed by atoms with Gasteiger partial charge in [0.2, 0.25) is 0 Å². The van der Waals surface area contributed by atoms with Crippen molar-refractivity contribution in [2.75, 3.05) is 13.2 Å². The van der Waals surface area contributed by atoms with Crippen molar-refractivity contribution in [1.29, 1.82) is 0 Å². The van der Waals surface area contributed by atoms with Gasteiger partial charge in [-0.2, -0.15) is 0 Å². The van der Waals surface area contributed by atoms with Crippen molar-refractivity contribution in [3.8, 4) is 0 Å². The Morgan fingerprint density at radius 3 is 2.12 bits per heavy atom. The molecule has 0 aromatic carbocycles. The first-order valence-electron chi connectivity index (χ1n) is 6.74. The van der Waals surface area contributed by atoms with Gasteiger partial charge in [-0.1, -0.05) is 20.3 Å². The zero-order valence-electron chi connectivity index (χ0n) is 11.1. The summed E-state index contributed by atoms with van der Waals surface area (Å²) in [5.74, 6) is 2.99. The molecule has 2 aliphatic rings. The first kappa shape index (κ1) is 14.0. The summed E-state index contributed by atoms with van der Waals surface area (Å²) >= 11 is 0. The molecule has 2 rings (SSSR count). The van der Waals surface area contributed by atoms with Gasteiger partial charge >= 0.3 is 0 Å². The number of aliphatic hydroxyl groups excluding tert-OH is 2. The fraction of sp³-hybridized carbons (Fsp3) is 1.00. The molecule has 0 spiro atoms. The van der Waals surface area contributed by atoms with Crippen LogP contribution in [-0.2, 0) is 0 Å². The van der Waals surface area contributed by atoms with Gasteiger partial charge in [-0.3, -0.25) is 0 Å². The Balaban J connectivity index is 0.000000386. The maximum atomic E-state index is 9.22. The third-order valence-corrected chi connectivity index (χ3v) is 4.13. The molecule has 16 heavy (non-hydrogen) atoms. The predicted octanol–water partition coefficient (Wildman–Crippen LogP) is 2.83. The van der Waals surface area contributed by atoms with E-state index in [0.717, 1.165) is 17.8 Å². The zero-order valence-corrected chi connectivity index (χ0v) is 11.1. The summed E-state index contributed by atoms with van der Waals surface area (Å²) in [7, 11) is 0. The van der Waals surface area contributed by atoms with Gasteiger partial charge in [0.1, 0.15) is 0 Å². The molecule has 3 unspecified atom stereocenters. The van der Waals surface area contributed by atoms with Crippen molar-refractivity contribution in [2.45, 2.75) is 52.9 Å². The second-order valence-corrected chi connectivity index (χ2v) is 6.28. The molecule has 0 amide bonds. The molecule has 0 aliphatic heterocycles. The van der Waals surface area contributed by atoms with Crippen LogP contribution in [0.2, 0.25) is 0 Å². The van der Waals surface area contributed by atoms with Gasteiger partial charge in [-0.25, -0.2) is 0 Å². The Morgan fingerprint density at radius 1 is 1.12 bits per heavy atom. The summed E-state index contributed by atoms with van der Waals surface area (Å²) in [6.07, 6.45) is 7.14. The molecule has 2 heteroatoms. The van der Waals surface area contributed by atoms with Gasteiger partial charge in [0.05, 0.1) is 0 Å². The minimum atomic E-state index is 0.162. The highest BCUT2D eigenvalue weighted by molar-refractivity contribution is 4.91. The molecule has 2 N–H and O–H groups in total. The number of rotatable bonds is 3. The summed E-state index contributed by atoms with van der Waals surface area (Å²) in [5.41, 5.74) is 0.162. The van der Waals surface area contributed by atoms with E-state index < -0.39 is 0 Å². The van der Waals surface area contributed by atoms with Crippen LogP contribution in [0.25, 0.3) is 0 Å². The van der Waals surface area contributed by atoms with E-state index in [1.54, 1.807) is 6.92 Å². The molecule has 2 bridgehead atoms. The SMILES string of the molecule is CC(C)(CO)CC1CC2CCC1C2.CCO. The van der Waals surface area contributed by atoms with Crippen LogP contribution in [0.4, 0.5) is 0 Å². The molecule has 0 aromatic heterocycles. The van der Waals surface area contributed by atoms with E-state index in [0.29, 0.717) is 6.61 Å². The van der Waals surface area contributed by atoms with Gasteiger partial charge in [0.25, 0.3) is 0 Å². The molecule has 3 atom stereocenters. The van der Waals surface area contributed by atoms with Crippen LogP contribution < -0.4 is 0 Å². The smallest absolute Gasteiger partial charge is 0.0482 e. The highest BCUT2D eigenvalue weighted by atomic mass is 16.3. The third kappa shape index (κ3) is 3.74. The Bertz CT molecular complexity index is 201. The number of hydrogen-bond donors (Lipinski definition) is 2. The van der Waals surface area contributed by atoms with Crippen LogP contribution in [0, 0.1) is 23.2 Å². The van der Waals surface area contributed by atoms with E-state index in [4.69, 9.17) is 5.11 Å². The first-order valence-corrected chi connectivity index (χ1v) is 6.74. The molecule has 0 aromatic rings. The van der Waals surface area contributed by atoms with Crippen LogP contribution in [0.5, 0.6) is 0 Å². The van der Waals surface area contributed by atoms with Crippen LogP contribution in [-0.4, -0.2) is 23.4 Å². The van der Waals surface area contributed by atoms with E-state index in [1.165, 1.54) is 32.1 Å². The second kappa shape index (κ2) is 6.02. The monoisotopic (exact) mass is 228 g/mol. The van der Waals surface area contributed by atoms with E-state index in [-0.39, 0.29) is 12.0 Å². The highest BCUT2D eigenvalue weighted by Gasteiger charge is 2.41. The normalized spacial score (nSPS) is 32.4. The van der Waals surface area contributed by atoms with E-state index in [2.05, 4.69) is 13.8 Å². The fourth-order valence-corrected chi connectivity index (χ4v) is 3.40. The second-order valence-electron chi connectivity index (χ2n) is 6.28. The topological polar surface area (TPSA) is 40.5 Å². The van der Waals surface area contributed by atoms with Crippen LogP contribution >= 0.6 is 0 Å². The average Bonchev–Trinajstić information content (AvgIpc) is 2.80. The summed E-state index contributed by atoms with van der Waals surface area (Å²) in [5, 5.41) is 16.8. The van der Waals surface area contributed by atoms with Gasteiger partial charge in [0, 0.05) is 13.2 Å². The molecule has 2 saturated carbocycles. The Kier molecular flexibility index (Phi) is 5.26. The summed E-state index contributed by atoms with van der Waals surface area (Å²) in [4.78, 5) is 0. The lowest BCUT2D eigenvalue weighted by molar-refractivity contribution is 0.114. The molecule has 2 aliphatic carbocycles. The van der Waals surface area contributed by atoms with Crippen molar-refractivity contribution in [3.05, 3.63) is 0 Å². The van der Waals surface area contributed by atoms with E-state index in [9.17, 15) is 5.11 Å². The summed E-state index contributed by atoms with van der Waals surface area (Å²) < 4.78 is 0. The first-order chi connectivity index (χ1) is 7.52. The Labute approximate surface area is 100 Å². The zero-order chi connectivity index (χ0) is 12.2. The van der Waals surface area contributed by atoms with Gasteiger partial charge < -0.3 is 10.2 Å². The molecule has 0 radical (unpaired) electrons. The number of aliphatic hydroxyl groups is 2. The highest BCUT2D eigenvalue weighted by Crippen LogP contribution is 2.51. The van der Waals surface area contributed by atoms with E-state index >= 15 is 0 Å². The standard InChI is InChI=1S/C12H22O.C2H6O/c1-12(2,8-13)7-11-6-9-3-4-10(11)5-9;1-2-3/h9-11,13H,3-8H2,1-2H3;3H,2H2,1H3. The summed E-state index contributed by atoms with van der Waals surface area (Å²) in [6.45, 7) is 6.67. The summed E-state index contributed by atoms with van der Waals surface area (Å²) in [6, 6.07) is 0. The number of fused-ring (bicyclic) bond motifs is 2. The maximum Gasteiger partial charge on any atom is 0.0482 e. The van der Waals surface area contributed by atoms with Crippen molar-refractivity contribution < 1.29 is 10.2 Å². The van der Waals surface area contributed by atoms with Gasteiger partial charge in [-0.15, -0.1) is 0 Å². The molecule has 2 fully saturated rings. The molecular weight excluding hydrogens is 200 g/mol. The molecule has 2 nitrogen and oxygen atoms in total. The lowest BCUT2D eigenvalue weighted by Crippen LogP contribution is -2.24. The quantitative estimate of drug-likeness (QED) is 0.780. The molecule has 96 valence electrons. The Hall–Kier alpha value is -0.0800. The molecule has 0 saturated heterocycles. The van der Waals surface area contributed by atoms with Crippen molar-refractivity contribution in [2.24, 2.45) is 23.2 Å². The van der Waals surface area contributed by atoms with Crippen molar-refractivity contribution >= 4 is 0 Å². The van der Waals surface area contributed by atoms with Gasteiger partial charge in [0.15, 0.2) is 0 Å².